The summed E-state index contributed by atoms with van der Waals surface area (Å²) < 4.78 is 6.06. The first-order valence-electron chi connectivity index (χ1n) is 6.71. The van der Waals surface area contributed by atoms with E-state index in [0.717, 1.165) is 29.0 Å². The monoisotopic (exact) mass is 255 g/mol. The smallest absolute Gasteiger partial charge is 0.132 e. The van der Waals surface area contributed by atoms with Crippen LogP contribution in [0.1, 0.15) is 36.1 Å². The molecule has 2 aromatic rings. The molecule has 0 bridgehead atoms. The fourth-order valence-electron chi connectivity index (χ4n) is 2.04. The Balaban J connectivity index is 2.35. The molecule has 0 saturated carbocycles. The van der Waals surface area contributed by atoms with Crippen molar-refractivity contribution >= 4 is 0 Å². The maximum Gasteiger partial charge on any atom is 0.132 e. The molecule has 0 amide bonds. The van der Waals surface area contributed by atoms with Crippen molar-refractivity contribution in [3.05, 3.63) is 59.2 Å². The lowest BCUT2D eigenvalue weighted by Crippen LogP contribution is -2.09. The van der Waals surface area contributed by atoms with Crippen LogP contribution in [0.2, 0.25) is 0 Å². The van der Waals surface area contributed by atoms with Gasteiger partial charge in [-0.1, -0.05) is 37.3 Å². The summed E-state index contributed by atoms with van der Waals surface area (Å²) in [6.45, 7) is 6.20. The van der Waals surface area contributed by atoms with Crippen LogP contribution in [0.25, 0.3) is 0 Å². The zero-order valence-corrected chi connectivity index (χ0v) is 11.8. The van der Waals surface area contributed by atoms with Crippen LogP contribution in [0.15, 0.2) is 42.5 Å². The number of hydrogen-bond acceptors (Lipinski definition) is 2. The quantitative estimate of drug-likeness (QED) is 0.872. The molecular formula is C17H21NO. The van der Waals surface area contributed by atoms with E-state index in [1.165, 1.54) is 5.56 Å². The molecule has 0 aliphatic heterocycles. The molecule has 0 aliphatic rings. The van der Waals surface area contributed by atoms with E-state index in [0.29, 0.717) is 0 Å². The Kier molecular flexibility index (Phi) is 4.23. The maximum absolute atomic E-state index is 6.14. The first kappa shape index (κ1) is 13.6. The highest BCUT2D eigenvalue weighted by Gasteiger charge is 2.11. The van der Waals surface area contributed by atoms with Crippen LogP contribution in [-0.2, 0) is 0 Å². The first-order chi connectivity index (χ1) is 9.11. The Labute approximate surface area is 115 Å². The third-order valence-electron chi connectivity index (χ3n) is 3.32. The highest BCUT2D eigenvalue weighted by molar-refractivity contribution is 5.43. The zero-order valence-electron chi connectivity index (χ0n) is 11.8. The van der Waals surface area contributed by atoms with Crippen LogP contribution in [0.5, 0.6) is 11.5 Å². The van der Waals surface area contributed by atoms with Crippen LogP contribution < -0.4 is 10.5 Å². The largest absolute Gasteiger partial charge is 0.457 e. The van der Waals surface area contributed by atoms with Gasteiger partial charge in [-0.05, 0) is 43.5 Å². The molecule has 0 radical (unpaired) electrons. The highest BCUT2D eigenvalue weighted by atomic mass is 16.5. The maximum atomic E-state index is 6.14. The first-order valence-corrected chi connectivity index (χ1v) is 6.71. The Hall–Kier alpha value is -1.80. The van der Waals surface area contributed by atoms with E-state index in [2.05, 4.69) is 39.0 Å². The fraction of sp³-hybridized carbons (Fsp3) is 0.294. The van der Waals surface area contributed by atoms with Gasteiger partial charge < -0.3 is 10.5 Å². The second kappa shape index (κ2) is 5.89. The molecule has 0 aromatic heterocycles. The van der Waals surface area contributed by atoms with Crippen molar-refractivity contribution in [3.63, 3.8) is 0 Å². The minimum Gasteiger partial charge on any atom is -0.457 e. The van der Waals surface area contributed by atoms with Gasteiger partial charge in [0.15, 0.2) is 0 Å². The third-order valence-corrected chi connectivity index (χ3v) is 3.32. The molecule has 0 spiro atoms. The van der Waals surface area contributed by atoms with Crippen molar-refractivity contribution in [2.75, 3.05) is 0 Å². The molecule has 0 fully saturated rings. The van der Waals surface area contributed by atoms with Crippen LogP contribution >= 0.6 is 0 Å². The minimum atomic E-state index is 0.0151. The van der Waals surface area contributed by atoms with Gasteiger partial charge >= 0.3 is 0 Å². The van der Waals surface area contributed by atoms with Gasteiger partial charge in [0.2, 0.25) is 0 Å². The summed E-state index contributed by atoms with van der Waals surface area (Å²) in [5.74, 6) is 1.75. The molecule has 2 nitrogen and oxygen atoms in total. The van der Waals surface area contributed by atoms with E-state index in [9.17, 15) is 0 Å². The van der Waals surface area contributed by atoms with E-state index in [4.69, 9.17) is 10.5 Å². The van der Waals surface area contributed by atoms with Gasteiger partial charge in [-0.15, -0.1) is 0 Å². The molecule has 0 saturated heterocycles. The molecule has 0 unspecified atom stereocenters. The molecular weight excluding hydrogens is 234 g/mol. The number of aryl methyl sites for hydroxylation is 2. The Bertz CT molecular complexity index is 563. The van der Waals surface area contributed by atoms with Crippen LogP contribution in [0.4, 0.5) is 0 Å². The van der Waals surface area contributed by atoms with Gasteiger partial charge in [0, 0.05) is 11.6 Å². The summed E-state index contributed by atoms with van der Waals surface area (Å²) in [4.78, 5) is 0. The average molecular weight is 255 g/mol. The lowest BCUT2D eigenvalue weighted by atomic mass is 10.0. The molecule has 1 atom stereocenters. The normalized spacial score (nSPS) is 12.2. The Morgan fingerprint density at radius 2 is 1.79 bits per heavy atom. The molecule has 0 heterocycles. The molecule has 2 aromatic carbocycles. The van der Waals surface area contributed by atoms with Gasteiger partial charge in [-0.25, -0.2) is 0 Å². The van der Waals surface area contributed by atoms with Gasteiger partial charge in [0.05, 0.1) is 0 Å². The number of para-hydroxylation sites is 1. The van der Waals surface area contributed by atoms with E-state index in [1.54, 1.807) is 0 Å². The summed E-state index contributed by atoms with van der Waals surface area (Å²) in [6.07, 6.45) is 0.896. The van der Waals surface area contributed by atoms with E-state index in [-0.39, 0.29) is 6.04 Å². The summed E-state index contributed by atoms with van der Waals surface area (Å²) >= 11 is 0. The number of hydrogen-bond donors (Lipinski definition) is 1. The lowest BCUT2D eigenvalue weighted by molar-refractivity contribution is 0.465. The van der Waals surface area contributed by atoms with Gasteiger partial charge in [-0.2, -0.15) is 0 Å². The summed E-state index contributed by atoms with van der Waals surface area (Å²) in [6, 6.07) is 14.2. The summed E-state index contributed by atoms with van der Waals surface area (Å²) in [5.41, 5.74) is 9.52. The number of benzene rings is 2. The molecule has 2 N–H and O–H groups in total. The second-order valence-corrected chi connectivity index (χ2v) is 4.92. The van der Waals surface area contributed by atoms with Gasteiger partial charge in [0.25, 0.3) is 0 Å². The number of ether oxygens (including phenoxy) is 1. The van der Waals surface area contributed by atoms with Crippen LogP contribution in [0.3, 0.4) is 0 Å². The van der Waals surface area contributed by atoms with E-state index in [1.807, 2.05) is 24.3 Å². The Morgan fingerprint density at radius 1 is 1.05 bits per heavy atom. The van der Waals surface area contributed by atoms with Crippen molar-refractivity contribution in [3.8, 4) is 11.5 Å². The third kappa shape index (κ3) is 3.15. The van der Waals surface area contributed by atoms with E-state index < -0.39 is 0 Å². The lowest BCUT2D eigenvalue weighted by Gasteiger charge is -2.16. The predicted octanol–water partition coefficient (Wildman–Crippen LogP) is 4.51. The summed E-state index contributed by atoms with van der Waals surface area (Å²) in [7, 11) is 0. The predicted molar refractivity (Wildman–Crippen MR) is 79.7 cm³/mol. The fourth-order valence-corrected chi connectivity index (χ4v) is 2.04. The highest BCUT2D eigenvalue weighted by Crippen LogP contribution is 2.31. The SMILES string of the molecule is CC[C@H](N)c1ccccc1Oc1cc(C)ccc1C. The number of nitrogens with two attached hydrogens (primary N) is 1. The topological polar surface area (TPSA) is 35.2 Å². The summed E-state index contributed by atoms with van der Waals surface area (Å²) in [5, 5.41) is 0. The van der Waals surface area contributed by atoms with Crippen molar-refractivity contribution in [2.24, 2.45) is 5.73 Å². The van der Waals surface area contributed by atoms with Crippen molar-refractivity contribution in [1.29, 1.82) is 0 Å². The molecule has 100 valence electrons. The number of rotatable bonds is 4. The zero-order chi connectivity index (χ0) is 13.8. The van der Waals surface area contributed by atoms with Crippen LogP contribution in [-0.4, -0.2) is 0 Å². The average Bonchev–Trinajstić information content (AvgIpc) is 2.42. The molecule has 0 aliphatic carbocycles. The minimum absolute atomic E-state index is 0.0151. The van der Waals surface area contributed by atoms with Crippen molar-refractivity contribution in [1.82, 2.24) is 0 Å². The van der Waals surface area contributed by atoms with Gasteiger partial charge in [0.1, 0.15) is 11.5 Å². The Morgan fingerprint density at radius 3 is 2.53 bits per heavy atom. The van der Waals surface area contributed by atoms with Crippen LogP contribution in [0, 0.1) is 13.8 Å². The molecule has 2 heteroatoms. The van der Waals surface area contributed by atoms with Gasteiger partial charge in [-0.3, -0.25) is 0 Å². The standard InChI is InChI=1S/C17H21NO/c1-4-15(18)14-7-5-6-8-16(14)19-17-11-12(2)9-10-13(17)3/h5-11,15H,4,18H2,1-3H3/t15-/m0/s1. The molecule has 2 rings (SSSR count). The van der Waals surface area contributed by atoms with E-state index >= 15 is 0 Å². The van der Waals surface area contributed by atoms with Crippen molar-refractivity contribution < 1.29 is 4.74 Å². The van der Waals surface area contributed by atoms with Crippen molar-refractivity contribution in [2.45, 2.75) is 33.2 Å². The molecule has 19 heavy (non-hydrogen) atoms. The second-order valence-electron chi connectivity index (χ2n) is 4.92.